The fraction of sp³-hybridized carbons (Fsp3) is 1.00. The molecular weight excluding hydrogens is 140 g/mol. The summed E-state index contributed by atoms with van der Waals surface area (Å²) in [6, 6.07) is 0. The zero-order chi connectivity index (χ0) is 8.69. The lowest BCUT2D eigenvalue weighted by molar-refractivity contribution is 0.0499. The van der Waals surface area contributed by atoms with Gasteiger partial charge in [-0.25, -0.2) is 0 Å². The molecule has 0 bridgehead atoms. The lowest BCUT2D eigenvalue weighted by Crippen LogP contribution is -2.19. The van der Waals surface area contributed by atoms with E-state index >= 15 is 0 Å². The Morgan fingerprint density at radius 2 is 2.09 bits per heavy atom. The number of aliphatic hydroxyl groups excluding tert-OH is 1. The normalized spacial score (nSPS) is 16.4. The Morgan fingerprint density at radius 1 is 1.45 bits per heavy atom. The van der Waals surface area contributed by atoms with Crippen molar-refractivity contribution in [2.24, 2.45) is 5.92 Å². The van der Waals surface area contributed by atoms with Crippen molar-refractivity contribution in [3.05, 3.63) is 0 Å². The molecule has 0 amide bonds. The van der Waals surface area contributed by atoms with E-state index in [0.717, 1.165) is 19.3 Å². The molecule has 2 heteroatoms. The number of methoxy groups -OCH3 is 1. The van der Waals surface area contributed by atoms with E-state index in [4.69, 9.17) is 9.84 Å². The highest BCUT2D eigenvalue weighted by Gasteiger charge is 2.13. The molecule has 0 radical (unpaired) electrons. The van der Waals surface area contributed by atoms with E-state index < -0.39 is 0 Å². The molecule has 0 aliphatic rings. The van der Waals surface area contributed by atoms with E-state index in [1.54, 1.807) is 7.11 Å². The van der Waals surface area contributed by atoms with Gasteiger partial charge >= 0.3 is 0 Å². The minimum absolute atomic E-state index is 0.296. The number of hydrogen-bond acceptors (Lipinski definition) is 2. The highest BCUT2D eigenvalue weighted by Crippen LogP contribution is 2.15. The summed E-state index contributed by atoms with van der Waals surface area (Å²) in [5.74, 6) is 0.567. The maximum Gasteiger partial charge on any atom is 0.0594 e. The van der Waals surface area contributed by atoms with E-state index in [1.165, 1.54) is 0 Å². The third kappa shape index (κ3) is 4.38. The summed E-state index contributed by atoms with van der Waals surface area (Å²) in [6.07, 6.45) is 3.37. The van der Waals surface area contributed by atoms with Gasteiger partial charge in [0.25, 0.3) is 0 Å². The molecule has 1 N–H and O–H groups in total. The highest BCUT2D eigenvalue weighted by atomic mass is 16.5. The van der Waals surface area contributed by atoms with Crippen molar-refractivity contribution >= 4 is 0 Å². The van der Waals surface area contributed by atoms with Crippen LogP contribution in [0.25, 0.3) is 0 Å². The zero-order valence-electron chi connectivity index (χ0n) is 7.84. The van der Waals surface area contributed by atoms with Crippen LogP contribution in [0.3, 0.4) is 0 Å². The number of aliphatic hydroxyl groups is 1. The summed E-state index contributed by atoms with van der Waals surface area (Å²) >= 11 is 0. The van der Waals surface area contributed by atoms with Crippen LogP contribution in [0.15, 0.2) is 0 Å². The Bertz CT molecular complexity index is 79.6. The van der Waals surface area contributed by atoms with Gasteiger partial charge in [0.2, 0.25) is 0 Å². The molecule has 0 aliphatic carbocycles. The Hall–Kier alpha value is -0.0800. The SMILES string of the molecule is CCC(OC)C(C)CCCO. The minimum Gasteiger partial charge on any atom is -0.396 e. The Balaban J connectivity index is 3.51. The van der Waals surface area contributed by atoms with Crippen molar-refractivity contribution in [3.8, 4) is 0 Å². The molecule has 0 aromatic carbocycles. The van der Waals surface area contributed by atoms with Crippen LogP contribution in [0.5, 0.6) is 0 Å². The molecule has 0 aromatic rings. The largest absolute Gasteiger partial charge is 0.396 e. The summed E-state index contributed by atoms with van der Waals surface area (Å²) < 4.78 is 5.28. The molecule has 0 aliphatic heterocycles. The fourth-order valence-electron chi connectivity index (χ4n) is 1.40. The van der Waals surface area contributed by atoms with E-state index in [2.05, 4.69) is 13.8 Å². The monoisotopic (exact) mass is 160 g/mol. The maximum absolute atomic E-state index is 8.60. The van der Waals surface area contributed by atoms with Crippen LogP contribution >= 0.6 is 0 Å². The summed E-state index contributed by atoms with van der Waals surface area (Å²) in [7, 11) is 1.75. The highest BCUT2D eigenvalue weighted by molar-refractivity contribution is 4.63. The smallest absolute Gasteiger partial charge is 0.0594 e. The first kappa shape index (κ1) is 10.9. The van der Waals surface area contributed by atoms with Crippen molar-refractivity contribution < 1.29 is 9.84 Å². The minimum atomic E-state index is 0.296. The maximum atomic E-state index is 8.60. The molecule has 11 heavy (non-hydrogen) atoms. The topological polar surface area (TPSA) is 29.5 Å². The Labute approximate surface area is 69.6 Å². The van der Waals surface area contributed by atoms with Crippen LogP contribution in [-0.4, -0.2) is 24.9 Å². The molecule has 2 atom stereocenters. The van der Waals surface area contributed by atoms with Gasteiger partial charge in [0.15, 0.2) is 0 Å². The zero-order valence-corrected chi connectivity index (χ0v) is 7.84. The average molecular weight is 160 g/mol. The van der Waals surface area contributed by atoms with Gasteiger partial charge in [-0.3, -0.25) is 0 Å². The van der Waals surface area contributed by atoms with Crippen LogP contribution < -0.4 is 0 Å². The van der Waals surface area contributed by atoms with Crippen LogP contribution in [-0.2, 0) is 4.74 Å². The molecule has 0 heterocycles. The molecule has 0 saturated carbocycles. The molecule has 0 saturated heterocycles. The predicted octanol–water partition coefficient (Wildman–Crippen LogP) is 1.82. The lowest BCUT2D eigenvalue weighted by Gasteiger charge is -2.20. The van der Waals surface area contributed by atoms with Gasteiger partial charge in [-0.2, -0.15) is 0 Å². The first-order valence-electron chi connectivity index (χ1n) is 4.39. The summed E-state index contributed by atoms with van der Waals surface area (Å²) in [5, 5.41) is 8.60. The lowest BCUT2D eigenvalue weighted by atomic mass is 9.97. The first-order chi connectivity index (χ1) is 5.26. The Kier molecular flexibility index (Phi) is 6.57. The van der Waals surface area contributed by atoms with E-state index in [1.807, 2.05) is 0 Å². The second-order valence-corrected chi connectivity index (χ2v) is 3.03. The van der Waals surface area contributed by atoms with Gasteiger partial charge in [0, 0.05) is 13.7 Å². The average Bonchev–Trinajstić information content (AvgIpc) is 2.03. The van der Waals surface area contributed by atoms with Gasteiger partial charge in [-0.15, -0.1) is 0 Å². The van der Waals surface area contributed by atoms with Crippen molar-refractivity contribution in [2.75, 3.05) is 13.7 Å². The third-order valence-electron chi connectivity index (χ3n) is 2.16. The summed E-state index contributed by atoms with van der Waals surface area (Å²) in [5.41, 5.74) is 0. The molecule has 0 fully saturated rings. The van der Waals surface area contributed by atoms with Gasteiger partial charge in [0.1, 0.15) is 0 Å². The van der Waals surface area contributed by atoms with Crippen molar-refractivity contribution in [1.29, 1.82) is 0 Å². The molecule has 0 aromatic heterocycles. The first-order valence-corrected chi connectivity index (χ1v) is 4.39. The summed E-state index contributed by atoms with van der Waals surface area (Å²) in [4.78, 5) is 0. The predicted molar refractivity (Wildman–Crippen MR) is 46.6 cm³/mol. The third-order valence-corrected chi connectivity index (χ3v) is 2.16. The second-order valence-electron chi connectivity index (χ2n) is 3.03. The fourth-order valence-corrected chi connectivity index (χ4v) is 1.40. The van der Waals surface area contributed by atoms with Crippen LogP contribution in [0.4, 0.5) is 0 Å². The number of hydrogen-bond donors (Lipinski definition) is 1. The van der Waals surface area contributed by atoms with Crippen molar-refractivity contribution in [3.63, 3.8) is 0 Å². The van der Waals surface area contributed by atoms with Gasteiger partial charge in [0.05, 0.1) is 6.10 Å². The van der Waals surface area contributed by atoms with Crippen molar-refractivity contribution in [2.45, 2.75) is 39.2 Å². The second kappa shape index (κ2) is 6.62. The van der Waals surface area contributed by atoms with Gasteiger partial charge in [-0.05, 0) is 25.2 Å². The number of ether oxygens (including phenoxy) is 1. The number of rotatable bonds is 6. The van der Waals surface area contributed by atoms with E-state index in [-0.39, 0.29) is 0 Å². The van der Waals surface area contributed by atoms with Crippen LogP contribution in [0, 0.1) is 5.92 Å². The van der Waals surface area contributed by atoms with E-state index in [9.17, 15) is 0 Å². The molecular formula is C9H20O2. The quantitative estimate of drug-likeness (QED) is 0.642. The van der Waals surface area contributed by atoms with Crippen molar-refractivity contribution in [1.82, 2.24) is 0 Å². The van der Waals surface area contributed by atoms with Crippen LogP contribution in [0.1, 0.15) is 33.1 Å². The Morgan fingerprint density at radius 3 is 2.45 bits per heavy atom. The molecule has 0 rings (SSSR count). The van der Waals surface area contributed by atoms with Gasteiger partial charge < -0.3 is 9.84 Å². The molecule has 2 unspecified atom stereocenters. The molecule has 0 spiro atoms. The summed E-state index contributed by atoms with van der Waals surface area (Å²) in [6.45, 7) is 4.60. The van der Waals surface area contributed by atoms with Crippen LogP contribution in [0.2, 0.25) is 0 Å². The molecule has 68 valence electrons. The molecule has 2 nitrogen and oxygen atoms in total. The van der Waals surface area contributed by atoms with Gasteiger partial charge in [-0.1, -0.05) is 13.8 Å². The van der Waals surface area contributed by atoms with E-state index in [0.29, 0.717) is 18.6 Å². The standard InChI is InChI=1S/C9H20O2/c1-4-9(11-3)8(2)6-5-7-10/h8-10H,4-7H2,1-3H3.